The summed E-state index contributed by atoms with van der Waals surface area (Å²) in [5.74, 6) is 0.614. The zero-order chi connectivity index (χ0) is 23.0. The molecule has 33 heavy (non-hydrogen) atoms. The highest BCUT2D eigenvalue weighted by Crippen LogP contribution is 2.37. The number of aryl methyl sites for hydroxylation is 1. The molecule has 4 rings (SSSR count). The molecule has 3 aromatic carbocycles. The van der Waals surface area contributed by atoms with E-state index < -0.39 is 0 Å². The van der Waals surface area contributed by atoms with E-state index >= 15 is 0 Å². The van der Waals surface area contributed by atoms with E-state index in [9.17, 15) is 4.79 Å². The minimum Gasteiger partial charge on any atom is -0.493 e. The van der Waals surface area contributed by atoms with Crippen LogP contribution in [0, 0.1) is 0 Å². The topological polar surface area (TPSA) is 51.5 Å². The molecule has 1 aromatic heterocycles. The largest absolute Gasteiger partial charge is 0.493 e. The van der Waals surface area contributed by atoms with Gasteiger partial charge in [0.25, 0.3) is 0 Å². The smallest absolute Gasteiger partial charge is 0.244 e. The van der Waals surface area contributed by atoms with Gasteiger partial charge in [0, 0.05) is 35.2 Å². The summed E-state index contributed by atoms with van der Waals surface area (Å²) in [4.78, 5) is 12.6. The Bertz CT molecular complexity index is 1240. The molecule has 0 aliphatic rings. The Hall–Kier alpha value is -3.79. The first kappa shape index (κ1) is 22.4. The lowest BCUT2D eigenvalue weighted by atomic mass is 9.99. The van der Waals surface area contributed by atoms with Crippen LogP contribution in [0.1, 0.15) is 31.4 Å². The van der Waals surface area contributed by atoms with Crippen molar-refractivity contribution in [1.82, 2.24) is 5.32 Å². The molecule has 4 nitrogen and oxygen atoms in total. The van der Waals surface area contributed by atoms with Crippen molar-refractivity contribution in [2.75, 3.05) is 13.2 Å². The predicted molar refractivity (Wildman–Crippen MR) is 134 cm³/mol. The molecule has 0 saturated heterocycles. The molecule has 0 unspecified atom stereocenters. The molecule has 4 heteroatoms. The number of amides is 1. The summed E-state index contributed by atoms with van der Waals surface area (Å²) >= 11 is 0. The lowest BCUT2D eigenvalue weighted by Crippen LogP contribution is -2.22. The maximum absolute atomic E-state index is 12.6. The van der Waals surface area contributed by atoms with Crippen molar-refractivity contribution in [2.45, 2.75) is 26.7 Å². The van der Waals surface area contributed by atoms with E-state index in [0.29, 0.717) is 18.9 Å². The fourth-order valence-electron chi connectivity index (χ4n) is 3.95. The monoisotopic (exact) mass is 439 g/mol. The Morgan fingerprint density at radius 2 is 1.76 bits per heavy atom. The molecule has 168 valence electrons. The zero-order valence-electron chi connectivity index (χ0n) is 19.1. The minimum atomic E-state index is -0.0985. The Morgan fingerprint density at radius 3 is 2.48 bits per heavy atom. The van der Waals surface area contributed by atoms with Crippen molar-refractivity contribution < 1.29 is 13.9 Å². The molecular weight excluding hydrogens is 410 g/mol. The molecular formula is C29H29NO3. The number of carbonyl (C=O) groups excluding carboxylic acids is 1. The molecule has 1 amide bonds. The summed E-state index contributed by atoms with van der Waals surface area (Å²) in [5.41, 5.74) is 5.89. The van der Waals surface area contributed by atoms with Gasteiger partial charge in [0.2, 0.25) is 5.91 Å². The normalized spacial score (nSPS) is 11.5. The molecule has 0 aliphatic carbocycles. The van der Waals surface area contributed by atoms with Crippen molar-refractivity contribution in [3.05, 3.63) is 96.3 Å². The molecule has 0 bridgehead atoms. The van der Waals surface area contributed by atoms with E-state index in [2.05, 4.69) is 35.6 Å². The summed E-state index contributed by atoms with van der Waals surface area (Å²) in [7, 11) is 0. The number of furan rings is 1. The first-order valence-electron chi connectivity index (χ1n) is 11.4. The average Bonchev–Trinajstić information content (AvgIpc) is 3.25. The van der Waals surface area contributed by atoms with Crippen LogP contribution in [0.4, 0.5) is 0 Å². The molecule has 1 heterocycles. The second-order valence-electron chi connectivity index (χ2n) is 8.00. The van der Waals surface area contributed by atoms with E-state index in [1.54, 1.807) is 12.3 Å². The molecule has 4 aromatic rings. The van der Waals surface area contributed by atoms with Crippen LogP contribution in [0.3, 0.4) is 0 Å². The predicted octanol–water partition coefficient (Wildman–Crippen LogP) is 6.65. The summed E-state index contributed by atoms with van der Waals surface area (Å²) in [5, 5.41) is 4.00. The Morgan fingerprint density at radius 1 is 1.03 bits per heavy atom. The molecule has 0 spiro atoms. The van der Waals surface area contributed by atoms with Crippen LogP contribution in [0.15, 0.2) is 89.6 Å². The van der Waals surface area contributed by atoms with E-state index in [1.807, 2.05) is 56.3 Å². The van der Waals surface area contributed by atoms with Crippen molar-refractivity contribution >= 4 is 22.4 Å². The van der Waals surface area contributed by atoms with E-state index in [4.69, 9.17) is 9.15 Å². The third kappa shape index (κ3) is 5.53. The first-order chi connectivity index (χ1) is 16.2. The second kappa shape index (κ2) is 10.7. The number of carbonyl (C=O) groups is 1. The van der Waals surface area contributed by atoms with E-state index in [1.165, 1.54) is 5.56 Å². The number of benzene rings is 3. The molecule has 0 aliphatic heterocycles. The van der Waals surface area contributed by atoms with Crippen LogP contribution in [0.5, 0.6) is 5.75 Å². The summed E-state index contributed by atoms with van der Waals surface area (Å²) in [6.07, 6.45) is 5.26. The SMILES string of the molecule is CCOc1cc2occ(-c3ccccc3)c2cc1/C(C)=C/C(=O)NCCCc1ccccc1. The number of allylic oxidation sites excluding steroid dienone is 1. The lowest BCUT2D eigenvalue weighted by Gasteiger charge is -2.12. The maximum Gasteiger partial charge on any atom is 0.244 e. The Labute approximate surface area is 194 Å². The number of hydrogen-bond donors (Lipinski definition) is 1. The van der Waals surface area contributed by atoms with Crippen LogP contribution in [-0.2, 0) is 11.2 Å². The van der Waals surface area contributed by atoms with Crippen LogP contribution in [0.2, 0.25) is 0 Å². The van der Waals surface area contributed by atoms with Gasteiger partial charge < -0.3 is 14.5 Å². The van der Waals surface area contributed by atoms with Crippen LogP contribution >= 0.6 is 0 Å². The summed E-state index contributed by atoms with van der Waals surface area (Å²) in [6.45, 7) is 5.05. The van der Waals surface area contributed by atoms with E-state index in [0.717, 1.165) is 46.1 Å². The molecule has 0 radical (unpaired) electrons. The zero-order valence-corrected chi connectivity index (χ0v) is 19.1. The summed E-state index contributed by atoms with van der Waals surface area (Å²) < 4.78 is 11.7. The average molecular weight is 440 g/mol. The minimum absolute atomic E-state index is 0.0985. The highest BCUT2D eigenvalue weighted by atomic mass is 16.5. The fraction of sp³-hybridized carbons (Fsp3) is 0.207. The highest BCUT2D eigenvalue weighted by Gasteiger charge is 2.15. The first-order valence-corrected chi connectivity index (χ1v) is 11.4. The molecule has 0 saturated carbocycles. The number of ether oxygens (including phenoxy) is 1. The van der Waals surface area contributed by atoms with Gasteiger partial charge in [0.05, 0.1) is 12.9 Å². The number of nitrogens with one attached hydrogen (secondary N) is 1. The van der Waals surface area contributed by atoms with Crippen LogP contribution < -0.4 is 10.1 Å². The van der Waals surface area contributed by atoms with Gasteiger partial charge in [-0.15, -0.1) is 0 Å². The van der Waals surface area contributed by atoms with Gasteiger partial charge in [-0.25, -0.2) is 0 Å². The molecule has 0 fully saturated rings. The lowest BCUT2D eigenvalue weighted by molar-refractivity contribution is -0.116. The number of hydrogen-bond acceptors (Lipinski definition) is 3. The molecule has 1 N–H and O–H groups in total. The van der Waals surface area contributed by atoms with Gasteiger partial charge in [0.1, 0.15) is 11.3 Å². The van der Waals surface area contributed by atoms with E-state index in [-0.39, 0.29) is 5.91 Å². The standard InChI is InChI=1S/C29H29NO3/c1-3-32-27-19-28-25(26(20-33-28)23-14-8-5-9-15-23)18-24(27)21(2)17-29(31)30-16-10-13-22-11-6-4-7-12-22/h4-9,11-12,14-15,17-20H,3,10,13,16H2,1-2H3,(H,30,31)/b21-17+. The van der Waals surface area contributed by atoms with Crippen molar-refractivity contribution in [3.63, 3.8) is 0 Å². The Balaban J connectivity index is 1.52. The van der Waals surface area contributed by atoms with Crippen LogP contribution in [-0.4, -0.2) is 19.1 Å². The highest BCUT2D eigenvalue weighted by molar-refractivity contribution is 6.00. The third-order valence-corrected chi connectivity index (χ3v) is 5.62. The fourth-order valence-corrected chi connectivity index (χ4v) is 3.95. The van der Waals surface area contributed by atoms with Crippen molar-refractivity contribution in [1.29, 1.82) is 0 Å². The van der Waals surface area contributed by atoms with Gasteiger partial charge in [-0.05, 0) is 49.5 Å². The summed E-state index contributed by atoms with van der Waals surface area (Å²) in [6, 6.07) is 24.4. The quantitative estimate of drug-likeness (QED) is 0.235. The second-order valence-corrected chi connectivity index (χ2v) is 8.00. The van der Waals surface area contributed by atoms with Gasteiger partial charge >= 0.3 is 0 Å². The van der Waals surface area contributed by atoms with Crippen molar-refractivity contribution in [3.8, 4) is 16.9 Å². The Kier molecular flexibility index (Phi) is 7.26. The van der Waals surface area contributed by atoms with Gasteiger partial charge in [-0.3, -0.25) is 4.79 Å². The van der Waals surface area contributed by atoms with Gasteiger partial charge in [-0.2, -0.15) is 0 Å². The third-order valence-electron chi connectivity index (χ3n) is 5.62. The molecule has 0 atom stereocenters. The van der Waals surface area contributed by atoms with Gasteiger partial charge in [0.15, 0.2) is 0 Å². The van der Waals surface area contributed by atoms with Crippen molar-refractivity contribution in [2.24, 2.45) is 0 Å². The number of fused-ring (bicyclic) bond motifs is 1. The number of rotatable bonds is 9. The van der Waals surface area contributed by atoms with Crippen LogP contribution in [0.25, 0.3) is 27.7 Å². The maximum atomic E-state index is 12.6. The van der Waals surface area contributed by atoms with Gasteiger partial charge in [-0.1, -0.05) is 60.7 Å².